The maximum Gasteiger partial charge on any atom is 0.215 e. The molecule has 0 spiro atoms. The molecule has 6 heteroatoms. The molecule has 0 amide bonds. The smallest absolute Gasteiger partial charge is 0.215 e. The first kappa shape index (κ1) is 15.6. The first-order valence-corrected chi connectivity index (χ1v) is 7.40. The van der Waals surface area contributed by atoms with E-state index in [0.29, 0.717) is 17.9 Å². The van der Waals surface area contributed by atoms with E-state index in [1.54, 1.807) is 13.2 Å². The fraction of sp³-hybridized carbons (Fsp3) is 0.600. The third-order valence-electron chi connectivity index (χ3n) is 3.83. The minimum absolute atomic E-state index is 0.517. The summed E-state index contributed by atoms with van der Waals surface area (Å²) in [5.74, 6) is 1.10. The number of fused-ring (bicyclic) bond motifs is 1. The number of aromatic nitrogens is 3. The molecule has 6 nitrogen and oxygen atoms in total. The van der Waals surface area contributed by atoms with Crippen molar-refractivity contribution in [1.29, 1.82) is 0 Å². The van der Waals surface area contributed by atoms with Gasteiger partial charge in [-0.05, 0) is 46.3 Å². The molecule has 0 aliphatic carbocycles. The minimum Gasteiger partial charge on any atom is -0.481 e. The van der Waals surface area contributed by atoms with Crippen molar-refractivity contribution in [3.8, 4) is 5.88 Å². The van der Waals surface area contributed by atoms with Crippen LogP contribution in [-0.2, 0) is 6.54 Å². The average Bonchev–Trinajstić information content (AvgIpc) is 2.78. The van der Waals surface area contributed by atoms with Crippen LogP contribution in [0.5, 0.6) is 5.88 Å². The van der Waals surface area contributed by atoms with Gasteiger partial charge in [-0.25, -0.2) is 4.98 Å². The third-order valence-corrected chi connectivity index (χ3v) is 3.83. The number of pyridine rings is 1. The Morgan fingerprint density at radius 3 is 2.71 bits per heavy atom. The van der Waals surface area contributed by atoms with Gasteiger partial charge in [-0.2, -0.15) is 4.98 Å². The lowest BCUT2D eigenvalue weighted by Crippen LogP contribution is -2.27. The van der Waals surface area contributed by atoms with Crippen LogP contribution in [-0.4, -0.2) is 46.2 Å². The van der Waals surface area contributed by atoms with Crippen molar-refractivity contribution >= 4 is 17.1 Å². The number of methoxy groups -OCH3 is 1. The number of unbranched alkanes of at least 4 members (excludes halogenated alkanes) is 1. The molecule has 2 heterocycles. The zero-order valence-electron chi connectivity index (χ0n) is 13.3. The summed E-state index contributed by atoms with van der Waals surface area (Å²) >= 11 is 0. The van der Waals surface area contributed by atoms with Crippen molar-refractivity contribution in [2.45, 2.75) is 39.3 Å². The number of imidazole rings is 1. The van der Waals surface area contributed by atoms with Crippen LogP contribution in [0.3, 0.4) is 0 Å². The summed E-state index contributed by atoms with van der Waals surface area (Å²) in [6.45, 7) is 6.32. The number of ether oxygens (including phenoxy) is 1. The minimum atomic E-state index is 0.517. The Kier molecular flexibility index (Phi) is 5.01. The van der Waals surface area contributed by atoms with Crippen LogP contribution in [0.4, 0.5) is 5.95 Å². The Bertz CT molecular complexity index is 593. The zero-order valence-corrected chi connectivity index (χ0v) is 13.3. The van der Waals surface area contributed by atoms with Crippen molar-refractivity contribution in [3.63, 3.8) is 0 Å². The SMILES string of the molecule is COc1ccc2nc(N)n(CCCCN(C)C(C)C)c2n1. The molecule has 0 radical (unpaired) electrons. The molecule has 2 N–H and O–H groups in total. The van der Waals surface area contributed by atoms with Gasteiger partial charge in [0.05, 0.1) is 7.11 Å². The highest BCUT2D eigenvalue weighted by atomic mass is 16.5. The Balaban J connectivity index is 2.02. The topological polar surface area (TPSA) is 69.2 Å². The van der Waals surface area contributed by atoms with Gasteiger partial charge in [-0.3, -0.25) is 4.57 Å². The summed E-state index contributed by atoms with van der Waals surface area (Å²) in [6.07, 6.45) is 2.17. The van der Waals surface area contributed by atoms with E-state index in [4.69, 9.17) is 10.5 Å². The molecule has 116 valence electrons. The summed E-state index contributed by atoms with van der Waals surface area (Å²) in [7, 11) is 3.76. The maximum absolute atomic E-state index is 6.00. The second kappa shape index (κ2) is 6.76. The second-order valence-corrected chi connectivity index (χ2v) is 5.60. The number of nitrogen functional groups attached to an aromatic ring is 1. The van der Waals surface area contributed by atoms with Crippen molar-refractivity contribution in [1.82, 2.24) is 19.4 Å². The Morgan fingerprint density at radius 2 is 2.05 bits per heavy atom. The van der Waals surface area contributed by atoms with Crippen molar-refractivity contribution < 1.29 is 4.74 Å². The summed E-state index contributed by atoms with van der Waals surface area (Å²) in [5, 5.41) is 0. The Hall–Kier alpha value is -1.82. The van der Waals surface area contributed by atoms with Gasteiger partial charge in [0, 0.05) is 18.7 Å². The molecule has 0 saturated heterocycles. The van der Waals surface area contributed by atoms with Crippen molar-refractivity contribution in [2.24, 2.45) is 0 Å². The van der Waals surface area contributed by atoms with E-state index in [2.05, 4.69) is 35.8 Å². The maximum atomic E-state index is 6.00. The van der Waals surface area contributed by atoms with Crippen LogP contribution >= 0.6 is 0 Å². The van der Waals surface area contributed by atoms with Crippen LogP contribution in [0.2, 0.25) is 0 Å². The van der Waals surface area contributed by atoms with Crippen LogP contribution < -0.4 is 10.5 Å². The highest BCUT2D eigenvalue weighted by Gasteiger charge is 2.10. The lowest BCUT2D eigenvalue weighted by molar-refractivity contribution is 0.266. The highest BCUT2D eigenvalue weighted by molar-refractivity contribution is 5.74. The lowest BCUT2D eigenvalue weighted by atomic mass is 10.2. The fourth-order valence-electron chi connectivity index (χ4n) is 2.23. The van der Waals surface area contributed by atoms with Crippen LogP contribution in [0, 0.1) is 0 Å². The molecule has 0 aliphatic heterocycles. The summed E-state index contributed by atoms with van der Waals surface area (Å²) in [5.41, 5.74) is 7.60. The summed E-state index contributed by atoms with van der Waals surface area (Å²) in [4.78, 5) is 11.1. The van der Waals surface area contributed by atoms with Crippen LogP contribution in [0.25, 0.3) is 11.2 Å². The van der Waals surface area contributed by atoms with Crippen molar-refractivity contribution in [2.75, 3.05) is 26.4 Å². The van der Waals surface area contributed by atoms with Gasteiger partial charge in [0.25, 0.3) is 0 Å². The molecule has 0 unspecified atom stereocenters. The van der Waals surface area contributed by atoms with Crippen LogP contribution in [0.15, 0.2) is 12.1 Å². The number of aryl methyl sites for hydroxylation is 1. The standard InChI is InChI=1S/C15H25N5O/c1-11(2)19(3)9-5-6-10-20-14-12(17-15(20)16)7-8-13(18-14)21-4/h7-8,11H,5-6,9-10H2,1-4H3,(H2,16,17). The fourth-order valence-corrected chi connectivity index (χ4v) is 2.23. The summed E-state index contributed by atoms with van der Waals surface area (Å²) < 4.78 is 7.14. The third kappa shape index (κ3) is 3.64. The number of nitrogens with two attached hydrogens (primary N) is 1. The van der Waals surface area contributed by atoms with E-state index < -0.39 is 0 Å². The first-order chi connectivity index (χ1) is 10.0. The molecule has 0 atom stereocenters. The van der Waals surface area contributed by atoms with E-state index in [1.165, 1.54) is 0 Å². The molecule has 2 rings (SSSR count). The zero-order chi connectivity index (χ0) is 15.4. The predicted molar refractivity (Wildman–Crippen MR) is 85.5 cm³/mol. The Labute approximate surface area is 125 Å². The van der Waals surface area contributed by atoms with Gasteiger partial charge in [-0.1, -0.05) is 0 Å². The molecule has 0 aliphatic rings. The van der Waals surface area contributed by atoms with Gasteiger partial charge in [0.15, 0.2) is 5.65 Å². The van der Waals surface area contributed by atoms with Gasteiger partial charge < -0.3 is 15.4 Å². The number of rotatable bonds is 7. The van der Waals surface area contributed by atoms with E-state index in [-0.39, 0.29) is 0 Å². The molecule has 0 aromatic carbocycles. The second-order valence-electron chi connectivity index (χ2n) is 5.60. The molecular formula is C15H25N5O. The highest BCUT2D eigenvalue weighted by Crippen LogP contribution is 2.19. The van der Waals surface area contributed by atoms with E-state index in [9.17, 15) is 0 Å². The number of hydrogen-bond donors (Lipinski definition) is 1. The number of anilines is 1. The van der Waals surface area contributed by atoms with E-state index >= 15 is 0 Å². The molecule has 0 bridgehead atoms. The molecule has 2 aromatic rings. The lowest BCUT2D eigenvalue weighted by Gasteiger charge is -2.20. The largest absolute Gasteiger partial charge is 0.481 e. The van der Waals surface area contributed by atoms with Crippen LogP contribution in [0.1, 0.15) is 26.7 Å². The van der Waals surface area contributed by atoms with Gasteiger partial charge in [0.1, 0.15) is 5.52 Å². The average molecular weight is 291 g/mol. The number of hydrogen-bond acceptors (Lipinski definition) is 5. The Morgan fingerprint density at radius 1 is 1.29 bits per heavy atom. The van der Waals surface area contributed by atoms with E-state index in [1.807, 2.05) is 10.6 Å². The van der Waals surface area contributed by atoms with E-state index in [0.717, 1.165) is 37.1 Å². The molecular weight excluding hydrogens is 266 g/mol. The molecule has 21 heavy (non-hydrogen) atoms. The molecule has 0 fully saturated rings. The summed E-state index contributed by atoms with van der Waals surface area (Å²) in [6, 6.07) is 4.27. The van der Waals surface area contributed by atoms with Gasteiger partial charge in [0.2, 0.25) is 11.8 Å². The van der Waals surface area contributed by atoms with Crippen molar-refractivity contribution in [3.05, 3.63) is 12.1 Å². The monoisotopic (exact) mass is 291 g/mol. The quantitative estimate of drug-likeness (QED) is 0.792. The number of nitrogens with zero attached hydrogens (tertiary/aromatic N) is 4. The van der Waals surface area contributed by atoms with Gasteiger partial charge >= 0.3 is 0 Å². The normalized spacial score (nSPS) is 11.7. The molecule has 0 saturated carbocycles. The predicted octanol–water partition coefficient (Wildman–Crippen LogP) is 2.14. The molecule has 2 aromatic heterocycles. The first-order valence-electron chi connectivity index (χ1n) is 7.40. The van der Waals surface area contributed by atoms with Gasteiger partial charge in [-0.15, -0.1) is 0 Å².